The molecular formula is C13H11Cl2NOS2. The topological polar surface area (TPSA) is 29.1 Å². The fourth-order valence-corrected chi connectivity index (χ4v) is 3.63. The standard InChI is InChI=1S/C13H11Cl2NOS2/c14-10-3-1-2-4-11(10)16-13(17)8-18-7-9-5-6-12(15)19-9/h1-6H,7-8H2,(H,16,17). The highest BCUT2D eigenvalue weighted by molar-refractivity contribution is 7.99. The number of hydrogen-bond donors (Lipinski definition) is 1. The number of anilines is 1. The molecule has 1 N–H and O–H groups in total. The van der Waals surface area contributed by atoms with Crippen LogP contribution in [0.1, 0.15) is 4.88 Å². The summed E-state index contributed by atoms with van der Waals surface area (Å²) in [6.07, 6.45) is 0. The number of thiophene rings is 1. The van der Waals surface area contributed by atoms with E-state index in [2.05, 4.69) is 5.32 Å². The van der Waals surface area contributed by atoms with E-state index >= 15 is 0 Å². The van der Waals surface area contributed by atoms with E-state index in [4.69, 9.17) is 23.2 Å². The summed E-state index contributed by atoms with van der Waals surface area (Å²) >= 11 is 14.9. The van der Waals surface area contributed by atoms with Crippen molar-refractivity contribution in [3.63, 3.8) is 0 Å². The zero-order chi connectivity index (χ0) is 13.7. The highest BCUT2D eigenvalue weighted by Gasteiger charge is 2.06. The van der Waals surface area contributed by atoms with Crippen molar-refractivity contribution >= 4 is 57.9 Å². The van der Waals surface area contributed by atoms with Gasteiger partial charge in [0.15, 0.2) is 0 Å². The average molecular weight is 332 g/mol. The van der Waals surface area contributed by atoms with Crippen molar-refractivity contribution in [2.45, 2.75) is 5.75 Å². The van der Waals surface area contributed by atoms with Gasteiger partial charge < -0.3 is 5.32 Å². The molecule has 0 fully saturated rings. The number of amides is 1. The first-order valence-electron chi connectivity index (χ1n) is 5.51. The number of halogens is 2. The lowest BCUT2D eigenvalue weighted by atomic mass is 10.3. The van der Waals surface area contributed by atoms with Crippen LogP contribution in [0.25, 0.3) is 0 Å². The maximum Gasteiger partial charge on any atom is 0.234 e. The second kappa shape index (κ2) is 7.20. The Balaban J connectivity index is 1.77. The summed E-state index contributed by atoms with van der Waals surface area (Å²) in [6, 6.07) is 11.0. The molecule has 0 saturated heterocycles. The normalized spacial score (nSPS) is 10.4. The third-order valence-corrected chi connectivity index (χ3v) is 4.98. The molecule has 0 aliphatic heterocycles. The van der Waals surface area contributed by atoms with Gasteiger partial charge in [0.2, 0.25) is 5.91 Å². The van der Waals surface area contributed by atoms with Crippen LogP contribution in [-0.2, 0) is 10.5 Å². The molecule has 0 radical (unpaired) electrons. The molecule has 0 unspecified atom stereocenters. The van der Waals surface area contributed by atoms with Crippen LogP contribution in [0.4, 0.5) is 5.69 Å². The third-order valence-electron chi connectivity index (χ3n) is 2.25. The summed E-state index contributed by atoms with van der Waals surface area (Å²) < 4.78 is 0.774. The molecule has 19 heavy (non-hydrogen) atoms. The van der Waals surface area contributed by atoms with E-state index in [1.165, 1.54) is 16.2 Å². The van der Waals surface area contributed by atoms with E-state index in [1.54, 1.807) is 23.9 Å². The molecule has 1 heterocycles. The molecule has 0 saturated carbocycles. The highest BCUT2D eigenvalue weighted by atomic mass is 35.5. The van der Waals surface area contributed by atoms with E-state index in [9.17, 15) is 4.79 Å². The Morgan fingerprint density at radius 1 is 1.21 bits per heavy atom. The Hall–Kier alpha value is -0.680. The van der Waals surface area contributed by atoms with Gasteiger partial charge in [-0.05, 0) is 24.3 Å². The van der Waals surface area contributed by atoms with Crippen molar-refractivity contribution in [1.82, 2.24) is 0 Å². The van der Waals surface area contributed by atoms with Crippen molar-refractivity contribution in [2.24, 2.45) is 0 Å². The largest absolute Gasteiger partial charge is 0.324 e. The van der Waals surface area contributed by atoms with Crippen LogP contribution in [0, 0.1) is 0 Å². The molecule has 1 aromatic heterocycles. The summed E-state index contributed by atoms with van der Waals surface area (Å²) in [7, 11) is 0. The minimum atomic E-state index is -0.0549. The Labute approximate surface area is 130 Å². The van der Waals surface area contributed by atoms with Gasteiger partial charge in [-0.15, -0.1) is 23.1 Å². The van der Waals surface area contributed by atoms with Crippen LogP contribution >= 0.6 is 46.3 Å². The summed E-state index contributed by atoms with van der Waals surface area (Å²) in [5.74, 6) is 1.12. The first-order chi connectivity index (χ1) is 9.15. The van der Waals surface area contributed by atoms with Crippen molar-refractivity contribution in [2.75, 3.05) is 11.1 Å². The number of nitrogens with one attached hydrogen (secondary N) is 1. The van der Waals surface area contributed by atoms with Gasteiger partial charge in [-0.2, -0.15) is 0 Å². The van der Waals surface area contributed by atoms with Gasteiger partial charge in [0.05, 0.1) is 20.8 Å². The van der Waals surface area contributed by atoms with Gasteiger partial charge in [-0.25, -0.2) is 0 Å². The van der Waals surface area contributed by atoms with Crippen LogP contribution in [0.15, 0.2) is 36.4 Å². The molecule has 1 amide bonds. The van der Waals surface area contributed by atoms with E-state index in [0.717, 1.165) is 10.1 Å². The van der Waals surface area contributed by atoms with Crippen molar-refractivity contribution in [3.05, 3.63) is 50.6 Å². The first kappa shape index (κ1) is 14.7. The molecule has 0 spiro atoms. The molecular weight excluding hydrogens is 321 g/mol. The Morgan fingerprint density at radius 2 is 2.00 bits per heavy atom. The quantitative estimate of drug-likeness (QED) is 0.841. The maximum absolute atomic E-state index is 11.7. The SMILES string of the molecule is O=C(CSCc1ccc(Cl)s1)Nc1ccccc1Cl. The first-order valence-corrected chi connectivity index (χ1v) is 8.24. The Bertz CT molecular complexity index is 571. The smallest absolute Gasteiger partial charge is 0.234 e. The van der Waals surface area contributed by atoms with E-state index < -0.39 is 0 Å². The van der Waals surface area contributed by atoms with E-state index in [-0.39, 0.29) is 5.91 Å². The van der Waals surface area contributed by atoms with Gasteiger partial charge >= 0.3 is 0 Å². The number of rotatable bonds is 5. The summed E-state index contributed by atoms with van der Waals surface area (Å²) in [6.45, 7) is 0. The molecule has 2 aromatic rings. The van der Waals surface area contributed by atoms with Crippen LogP contribution in [0.3, 0.4) is 0 Å². The lowest BCUT2D eigenvalue weighted by Crippen LogP contribution is -2.14. The Morgan fingerprint density at radius 3 is 2.68 bits per heavy atom. The van der Waals surface area contributed by atoms with Gasteiger partial charge in [0, 0.05) is 10.6 Å². The second-order valence-corrected chi connectivity index (χ2v) is 6.92. The number of hydrogen-bond acceptors (Lipinski definition) is 3. The van der Waals surface area contributed by atoms with Gasteiger partial charge in [-0.1, -0.05) is 35.3 Å². The maximum atomic E-state index is 11.7. The Kier molecular flexibility index (Phi) is 5.58. The number of carbonyl (C=O) groups is 1. The minimum absolute atomic E-state index is 0.0549. The van der Waals surface area contributed by atoms with Gasteiger partial charge in [0.25, 0.3) is 0 Å². The number of thioether (sulfide) groups is 1. The van der Waals surface area contributed by atoms with E-state index in [0.29, 0.717) is 16.5 Å². The molecule has 1 aromatic carbocycles. The predicted molar refractivity (Wildman–Crippen MR) is 85.6 cm³/mol. The van der Waals surface area contributed by atoms with Crippen LogP contribution in [0.2, 0.25) is 9.36 Å². The van der Waals surface area contributed by atoms with Crippen molar-refractivity contribution in [3.8, 4) is 0 Å². The molecule has 100 valence electrons. The monoisotopic (exact) mass is 331 g/mol. The van der Waals surface area contributed by atoms with Crippen LogP contribution in [-0.4, -0.2) is 11.7 Å². The van der Waals surface area contributed by atoms with Gasteiger partial charge in [-0.3, -0.25) is 4.79 Å². The summed E-state index contributed by atoms with van der Waals surface area (Å²) in [5.41, 5.74) is 0.647. The molecule has 0 aliphatic carbocycles. The highest BCUT2D eigenvalue weighted by Crippen LogP contribution is 2.25. The van der Waals surface area contributed by atoms with Crippen molar-refractivity contribution in [1.29, 1.82) is 0 Å². The molecule has 2 nitrogen and oxygen atoms in total. The number of benzene rings is 1. The predicted octanol–water partition coefficient (Wildman–Crippen LogP) is 4.93. The summed E-state index contributed by atoms with van der Waals surface area (Å²) in [5, 5.41) is 3.33. The number of carbonyl (C=O) groups excluding carboxylic acids is 1. The van der Waals surface area contributed by atoms with Gasteiger partial charge in [0.1, 0.15) is 0 Å². The zero-order valence-corrected chi connectivity index (χ0v) is 13.0. The molecule has 0 bridgehead atoms. The fourth-order valence-electron chi connectivity index (χ4n) is 1.42. The molecule has 2 rings (SSSR count). The van der Waals surface area contributed by atoms with Crippen molar-refractivity contribution < 1.29 is 4.79 Å². The lowest BCUT2D eigenvalue weighted by molar-refractivity contribution is -0.113. The summed E-state index contributed by atoms with van der Waals surface area (Å²) in [4.78, 5) is 12.9. The van der Waals surface area contributed by atoms with Crippen LogP contribution in [0.5, 0.6) is 0 Å². The molecule has 6 heteroatoms. The molecule has 0 aliphatic rings. The molecule has 0 atom stereocenters. The second-order valence-electron chi connectivity index (χ2n) is 3.73. The lowest BCUT2D eigenvalue weighted by Gasteiger charge is -2.06. The minimum Gasteiger partial charge on any atom is -0.324 e. The number of para-hydroxylation sites is 1. The zero-order valence-electron chi connectivity index (χ0n) is 9.86. The van der Waals surface area contributed by atoms with Crippen LogP contribution < -0.4 is 5.32 Å². The van der Waals surface area contributed by atoms with E-state index in [1.807, 2.05) is 24.3 Å². The average Bonchev–Trinajstić information content (AvgIpc) is 2.78. The third kappa shape index (κ3) is 4.73. The fraction of sp³-hybridized carbons (Fsp3) is 0.154.